The molecule has 31 heavy (non-hydrogen) atoms. The summed E-state index contributed by atoms with van der Waals surface area (Å²) >= 11 is 0. The van der Waals surface area contributed by atoms with Crippen LogP contribution in [0.5, 0.6) is 5.75 Å². The number of alkyl halides is 3. The summed E-state index contributed by atoms with van der Waals surface area (Å²) in [5.41, 5.74) is 0.174. The van der Waals surface area contributed by atoms with Gasteiger partial charge in [-0.2, -0.15) is 13.2 Å². The molecule has 1 atom stereocenters. The van der Waals surface area contributed by atoms with Crippen LogP contribution in [0, 0.1) is 17.2 Å². The topological polar surface area (TPSA) is 55.4 Å². The molecular formula is C22H27F4NO3S. The van der Waals surface area contributed by atoms with Crippen molar-refractivity contribution in [2.45, 2.75) is 75.6 Å². The summed E-state index contributed by atoms with van der Waals surface area (Å²) in [4.78, 5) is 12.4. The van der Waals surface area contributed by atoms with Gasteiger partial charge in [-0.05, 0) is 68.9 Å². The Hall–Kier alpha value is -1.64. The monoisotopic (exact) mass is 461 g/mol. The number of carbonyl (C=O) groups is 1. The first-order valence-electron chi connectivity index (χ1n) is 10.8. The molecule has 0 aliphatic heterocycles. The summed E-state index contributed by atoms with van der Waals surface area (Å²) < 4.78 is 73.8. The van der Waals surface area contributed by atoms with Crippen molar-refractivity contribution in [1.29, 1.82) is 0 Å². The molecule has 0 heterocycles. The predicted molar refractivity (Wildman–Crippen MR) is 109 cm³/mol. The van der Waals surface area contributed by atoms with E-state index in [2.05, 4.69) is 4.72 Å². The number of benzene rings is 1. The summed E-state index contributed by atoms with van der Waals surface area (Å²) in [6.45, 7) is 2.11. The molecular weight excluding hydrogens is 434 g/mol. The molecule has 0 bridgehead atoms. The van der Waals surface area contributed by atoms with Gasteiger partial charge in [0, 0.05) is 11.5 Å². The van der Waals surface area contributed by atoms with E-state index >= 15 is 0 Å². The van der Waals surface area contributed by atoms with Crippen LogP contribution in [-0.2, 0) is 11.0 Å². The van der Waals surface area contributed by atoms with E-state index in [4.69, 9.17) is 4.74 Å². The molecule has 3 aliphatic rings. The van der Waals surface area contributed by atoms with Gasteiger partial charge >= 0.3 is 6.18 Å². The van der Waals surface area contributed by atoms with Crippen LogP contribution >= 0.6 is 0 Å². The maximum absolute atomic E-state index is 14.7. The highest BCUT2D eigenvalue weighted by atomic mass is 32.2. The highest BCUT2D eigenvalue weighted by molar-refractivity contribution is 7.84. The summed E-state index contributed by atoms with van der Waals surface area (Å²) in [6.07, 6.45) is 0.163. The number of rotatable bonds is 7. The molecule has 9 heteroatoms. The third-order valence-electron chi connectivity index (χ3n) is 6.61. The molecule has 4 nitrogen and oxygen atoms in total. The molecule has 0 saturated heterocycles. The molecule has 0 radical (unpaired) electrons. The van der Waals surface area contributed by atoms with Crippen molar-refractivity contribution in [2.75, 3.05) is 6.61 Å². The van der Waals surface area contributed by atoms with Crippen LogP contribution in [0.4, 0.5) is 17.6 Å². The molecule has 3 fully saturated rings. The fourth-order valence-corrected chi connectivity index (χ4v) is 5.16. The Bertz CT molecular complexity index is 872. The number of halogens is 4. The lowest BCUT2D eigenvalue weighted by Gasteiger charge is -2.37. The standard InChI is InChI=1S/C22H27F4NO3S/c1-21(8-6-14(7-9-21)22(24,25)26)12-30-19-11-18(23)17(10-16(19)13-2-3-13)20(28)27-31(29)15-4-5-15/h10-11,13-15H,2-9,12H2,1H3,(H,27,28). The van der Waals surface area contributed by atoms with E-state index in [1.54, 1.807) is 0 Å². The van der Waals surface area contributed by atoms with Crippen molar-refractivity contribution in [3.8, 4) is 5.75 Å². The molecule has 1 unspecified atom stereocenters. The maximum Gasteiger partial charge on any atom is 0.391 e. The Labute approximate surface area is 181 Å². The van der Waals surface area contributed by atoms with E-state index in [-0.39, 0.29) is 36.2 Å². The molecule has 1 aromatic rings. The van der Waals surface area contributed by atoms with Gasteiger partial charge in [0.1, 0.15) is 22.6 Å². The average Bonchev–Trinajstić information content (AvgIpc) is 3.58. The van der Waals surface area contributed by atoms with Crippen LogP contribution in [0.2, 0.25) is 0 Å². The maximum atomic E-state index is 14.7. The number of hydrogen-bond donors (Lipinski definition) is 1. The van der Waals surface area contributed by atoms with E-state index in [0.717, 1.165) is 31.2 Å². The van der Waals surface area contributed by atoms with Gasteiger partial charge in [-0.25, -0.2) is 8.60 Å². The van der Waals surface area contributed by atoms with E-state index in [1.807, 2.05) is 6.92 Å². The normalized spacial score (nSPS) is 27.6. The van der Waals surface area contributed by atoms with Crippen LogP contribution in [0.25, 0.3) is 0 Å². The van der Waals surface area contributed by atoms with Crippen molar-refractivity contribution in [2.24, 2.45) is 11.3 Å². The van der Waals surface area contributed by atoms with Gasteiger partial charge in [-0.15, -0.1) is 0 Å². The van der Waals surface area contributed by atoms with Gasteiger partial charge in [0.2, 0.25) is 0 Å². The smallest absolute Gasteiger partial charge is 0.391 e. The largest absolute Gasteiger partial charge is 0.493 e. The van der Waals surface area contributed by atoms with Gasteiger partial charge < -0.3 is 4.74 Å². The van der Waals surface area contributed by atoms with Crippen LogP contribution in [0.3, 0.4) is 0 Å². The van der Waals surface area contributed by atoms with E-state index < -0.39 is 40.2 Å². The molecule has 3 saturated carbocycles. The minimum Gasteiger partial charge on any atom is -0.493 e. The lowest BCUT2D eigenvalue weighted by molar-refractivity contribution is -0.187. The molecule has 0 spiro atoms. The highest BCUT2D eigenvalue weighted by Crippen LogP contribution is 2.47. The zero-order valence-corrected chi connectivity index (χ0v) is 18.2. The van der Waals surface area contributed by atoms with Crippen molar-refractivity contribution in [3.05, 3.63) is 29.1 Å². The van der Waals surface area contributed by atoms with Crippen molar-refractivity contribution >= 4 is 16.9 Å². The summed E-state index contributed by atoms with van der Waals surface area (Å²) in [5, 5.41) is -0.0503. The summed E-state index contributed by atoms with van der Waals surface area (Å²) in [7, 11) is -1.51. The number of amides is 1. The van der Waals surface area contributed by atoms with E-state index in [9.17, 15) is 26.6 Å². The van der Waals surface area contributed by atoms with E-state index in [0.29, 0.717) is 18.6 Å². The Morgan fingerprint density at radius 2 is 1.81 bits per heavy atom. The first-order valence-corrected chi connectivity index (χ1v) is 12.0. The molecule has 1 aromatic carbocycles. The number of ether oxygens (including phenoxy) is 1. The number of carbonyl (C=O) groups excluding carboxylic acids is 1. The van der Waals surface area contributed by atoms with Crippen molar-refractivity contribution < 1.29 is 31.3 Å². The Morgan fingerprint density at radius 3 is 2.35 bits per heavy atom. The minimum absolute atomic E-state index is 0.0503. The fraction of sp³-hybridized carbons (Fsp3) is 0.682. The molecule has 172 valence electrons. The zero-order valence-electron chi connectivity index (χ0n) is 17.4. The van der Waals surface area contributed by atoms with Crippen LogP contribution in [-0.4, -0.2) is 28.1 Å². The number of nitrogens with one attached hydrogen (secondary N) is 1. The molecule has 1 N–H and O–H groups in total. The second-order valence-electron chi connectivity index (χ2n) is 9.49. The van der Waals surface area contributed by atoms with Crippen molar-refractivity contribution in [3.63, 3.8) is 0 Å². The predicted octanol–water partition coefficient (Wildman–Crippen LogP) is 5.40. The van der Waals surface area contributed by atoms with Crippen molar-refractivity contribution in [1.82, 2.24) is 4.72 Å². The summed E-state index contributed by atoms with van der Waals surface area (Å²) in [5.74, 6) is -2.20. The van der Waals surface area contributed by atoms with Gasteiger partial charge in [-0.1, -0.05) is 6.92 Å². The van der Waals surface area contributed by atoms with Gasteiger partial charge in [0.05, 0.1) is 23.3 Å². The van der Waals surface area contributed by atoms with Gasteiger partial charge in [-0.3, -0.25) is 9.52 Å². The number of hydrogen-bond acceptors (Lipinski definition) is 3. The van der Waals surface area contributed by atoms with Gasteiger partial charge in [0.15, 0.2) is 0 Å². The second-order valence-corrected chi connectivity index (χ2v) is 11.0. The molecule has 0 aromatic heterocycles. The summed E-state index contributed by atoms with van der Waals surface area (Å²) in [6, 6.07) is 2.66. The molecule has 1 amide bonds. The third-order valence-corrected chi connectivity index (χ3v) is 8.08. The average molecular weight is 462 g/mol. The molecule has 3 aliphatic carbocycles. The quantitative estimate of drug-likeness (QED) is 0.554. The third kappa shape index (κ3) is 5.41. The highest BCUT2D eigenvalue weighted by Gasteiger charge is 2.44. The first kappa shape index (κ1) is 22.6. The van der Waals surface area contributed by atoms with Gasteiger partial charge in [0.25, 0.3) is 5.91 Å². The van der Waals surface area contributed by atoms with Crippen LogP contribution in [0.1, 0.15) is 80.1 Å². The zero-order chi connectivity index (χ0) is 22.4. The van der Waals surface area contributed by atoms with Crippen LogP contribution in [0.15, 0.2) is 12.1 Å². The molecule has 4 rings (SSSR count). The van der Waals surface area contributed by atoms with Crippen LogP contribution < -0.4 is 9.46 Å². The Morgan fingerprint density at radius 1 is 1.16 bits per heavy atom. The second kappa shape index (κ2) is 8.37. The SMILES string of the molecule is CC1(COc2cc(F)c(C(=O)NS(=O)C3CC3)cc2C2CC2)CCC(C(F)(F)F)CC1. The fourth-order valence-electron chi connectivity index (χ4n) is 4.13. The lowest BCUT2D eigenvalue weighted by atomic mass is 9.72. The van der Waals surface area contributed by atoms with E-state index in [1.165, 1.54) is 12.1 Å². The lowest BCUT2D eigenvalue weighted by Crippen LogP contribution is -2.35. The Balaban J connectivity index is 1.44. The first-order chi connectivity index (χ1) is 14.6. The minimum atomic E-state index is -4.16. The Kier molecular flexibility index (Phi) is 6.09.